The van der Waals surface area contributed by atoms with E-state index in [0.717, 1.165) is 45.6 Å². The second-order valence-corrected chi connectivity index (χ2v) is 9.87. The number of carbonyl (C=O) groups is 3. The number of esters is 1. The molecule has 0 aromatic heterocycles. The van der Waals surface area contributed by atoms with Crippen LogP contribution in [0.4, 0.5) is 16.2 Å². The van der Waals surface area contributed by atoms with E-state index in [9.17, 15) is 34.6 Å². The molecule has 1 fully saturated rings. The fourth-order valence-corrected chi connectivity index (χ4v) is 5.04. The lowest BCUT2D eigenvalue weighted by molar-refractivity contribution is -0.394. The van der Waals surface area contributed by atoms with Crippen molar-refractivity contribution < 1.29 is 33.7 Å². The Morgan fingerprint density at radius 2 is 1.57 bits per heavy atom. The number of nitro groups is 2. The number of non-ortho nitro benzene ring substituents is 2. The van der Waals surface area contributed by atoms with E-state index < -0.39 is 38.3 Å². The van der Waals surface area contributed by atoms with E-state index in [2.05, 4.69) is 0 Å². The van der Waals surface area contributed by atoms with Crippen molar-refractivity contribution in [1.29, 1.82) is 0 Å². The van der Waals surface area contributed by atoms with Crippen LogP contribution in [0.2, 0.25) is 0 Å². The topological polar surface area (TPSA) is 159 Å². The van der Waals surface area contributed by atoms with E-state index in [-0.39, 0.29) is 29.4 Å². The van der Waals surface area contributed by atoms with Gasteiger partial charge in [-0.2, -0.15) is 0 Å². The number of imide groups is 1. The Hall–Kier alpha value is -5.56. The van der Waals surface area contributed by atoms with Gasteiger partial charge in [0, 0.05) is 17.5 Å². The maximum Gasteiger partial charge on any atom is 0.344 e. The Balaban J connectivity index is 1.26. The molecule has 4 aromatic rings. The fourth-order valence-electron chi connectivity index (χ4n) is 4.17. The molecule has 12 nitrogen and oxygen atoms in total. The van der Waals surface area contributed by atoms with E-state index in [1.165, 1.54) is 24.3 Å². The summed E-state index contributed by atoms with van der Waals surface area (Å²) in [5, 5.41) is 23.7. The Bertz CT molecular complexity index is 1770. The van der Waals surface area contributed by atoms with Gasteiger partial charge in [-0.25, -0.2) is 4.79 Å². The number of ether oxygens (including phenoxy) is 2. The molecule has 0 atom stereocenters. The van der Waals surface area contributed by atoms with Crippen LogP contribution in [0.5, 0.6) is 11.5 Å². The number of fused-ring (bicyclic) bond motifs is 1. The van der Waals surface area contributed by atoms with Gasteiger partial charge in [-0.1, -0.05) is 48.5 Å². The van der Waals surface area contributed by atoms with Crippen LogP contribution in [-0.4, -0.2) is 45.0 Å². The van der Waals surface area contributed by atoms with Gasteiger partial charge in [0.05, 0.1) is 32.9 Å². The first kappa shape index (κ1) is 28.0. The van der Waals surface area contributed by atoms with Crippen molar-refractivity contribution in [3.05, 3.63) is 121 Å². The van der Waals surface area contributed by atoms with Crippen LogP contribution in [0.25, 0.3) is 16.8 Å². The summed E-state index contributed by atoms with van der Waals surface area (Å²) in [5.74, 6) is -0.893. The van der Waals surface area contributed by atoms with E-state index in [1.54, 1.807) is 6.07 Å². The fraction of sp³-hybridized carbons (Fsp3) is 0.0690. The number of hydrogen-bond acceptors (Lipinski definition) is 10. The van der Waals surface area contributed by atoms with Crippen LogP contribution in [0.3, 0.4) is 0 Å². The molecule has 2 amide bonds. The number of nitro benzene ring substituents is 2. The first-order chi connectivity index (χ1) is 20.2. The normalized spacial score (nSPS) is 13.9. The number of carbonyl (C=O) groups excluding carboxylic acids is 3. The van der Waals surface area contributed by atoms with Gasteiger partial charge in [-0.05, 0) is 47.0 Å². The van der Waals surface area contributed by atoms with E-state index in [4.69, 9.17) is 9.47 Å². The molecule has 210 valence electrons. The molecular weight excluding hydrogens is 566 g/mol. The number of benzene rings is 4. The molecular formula is C29H19N3O9S. The SMILES string of the molecule is O=C(Oc1cccc(/C=C2\SC(=O)N(CCOc3cccc4ccccc34)C2=O)c1)c1cc([N+](=O)[O-])cc([N+](=O)[O-])c1. The van der Waals surface area contributed by atoms with Crippen LogP contribution in [-0.2, 0) is 4.79 Å². The van der Waals surface area contributed by atoms with E-state index in [1.807, 2.05) is 42.5 Å². The first-order valence-corrected chi connectivity index (χ1v) is 13.1. The van der Waals surface area contributed by atoms with Crippen LogP contribution >= 0.6 is 11.8 Å². The van der Waals surface area contributed by atoms with E-state index >= 15 is 0 Å². The second kappa shape index (κ2) is 11.9. The highest BCUT2D eigenvalue weighted by molar-refractivity contribution is 8.18. The zero-order chi connectivity index (χ0) is 29.8. The van der Waals surface area contributed by atoms with Crippen LogP contribution in [0, 0.1) is 20.2 Å². The van der Waals surface area contributed by atoms with Gasteiger partial charge < -0.3 is 9.47 Å². The number of thioether (sulfide) groups is 1. The molecule has 0 unspecified atom stereocenters. The highest BCUT2D eigenvalue weighted by Crippen LogP contribution is 2.33. The second-order valence-electron chi connectivity index (χ2n) is 8.87. The standard InChI is InChI=1S/C29H19N3O9S/c33-27-26(42-29(35)30(27)11-12-40-25-10-4-7-19-6-1-2-9-24(19)25)14-18-5-3-8-23(13-18)41-28(34)20-15-21(31(36)37)17-22(16-20)32(38)39/h1-10,13-17H,11-12H2/b26-14-. The van der Waals surface area contributed by atoms with Crippen molar-refractivity contribution in [2.24, 2.45) is 0 Å². The molecule has 1 heterocycles. The predicted molar refractivity (Wildman–Crippen MR) is 153 cm³/mol. The van der Waals surface area contributed by atoms with Crippen LogP contribution < -0.4 is 9.47 Å². The van der Waals surface area contributed by atoms with Crippen molar-refractivity contribution in [2.75, 3.05) is 13.2 Å². The molecule has 5 rings (SSSR count). The third-order valence-electron chi connectivity index (χ3n) is 6.12. The zero-order valence-electron chi connectivity index (χ0n) is 21.5. The minimum Gasteiger partial charge on any atom is -0.491 e. The smallest absolute Gasteiger partial charge is 0.344 e. The molecule has 0 radical (unpaired) electrons. The Kier molecular flexibility index (Phi) is 7.93. The van der Waals surface area contributed by atoms with Gasteiger partial charge in [-0.3, -0.25) is 34.7 Å². The van der Waals surface area contributed by atoms with Crippen molar-refractivity contribution in [1.82, 2.24) is 4.90 Å². The lowest BCUT2D eigenvalue weighted by atomic mass is 10.1. The average Bonchev–Trinajstić information content (AvgIpc) is 3.24. The molecule has 13 heteroatoms. The van der Waals surface area contributed by atoms with Gasteiger partial charge in [-0.15, -0.1) is 0 Å². The van der Waals surface area contributed by atoms with Gasteiger partial charge in [0.25, 0.3) is 22.5 Å². The molecule has 0 saturated carbocycles. The molecule has 4 aromatic carbocycles. The average molecular weight is 586 g/mol. The van der Waals surface area contributed by atoms with Crippen molar-refractivity contribution in [2.45, 2.75) is 0 Å². The third kappa shape index (κ3) is 6.10. The minimum atomic E-state index is -1.05. The number of nitrogens with zero attached hydrogens (tertiary/aromatic N) is 3. The lowest BCUT2D eigenvalue weighted by Crippen LogP contribution is -2.32. The number of rotatable bonds is 9. The summed E-state index contributed by atoms with van der Waals surface area (Å²) in [4.78, 5) is 59.9. The summed E-state index contributed by atoms with van der Waals surface area (Å²) in [6.07, 6.45) is 1.46. The zero-order valence-corrected chi connectivity index (χ0v) is 22.3. The highest BCUT2D eigenvalue weighted by atomic mass is 32.2. The predicted octanol–water partition coefficient (Wildman–Crippen LogP) is 5.99. The monoisotopic (exact) mass is 585 g/mol. The van der Waals surface area contributed by atoms with E-state index in [0.29, 0.717) is 11.3 Å². The molecule has 42 heavy (non-hydrogen) atoms. The summed E-state index contributed by atoms with van der Waals surface area (Å²) < 4.78 is 11.1. The highest BCUT2D eigenvalue weighted by Gasteiger charge is 2.35. The number of amides is 2. The number of hydrogen-bond donors (Lipinski definition) is 0. The maximum absolute atomic E-state index is 13.0. The third-order valence-corrected chi connectivity index (χ3v) is 7.03. The van der Waals surface area contributed by atoms with Crippen molar-refractivity contribution >= 4 is 57.1 Å². The van der Waals surface area contributed by atoms with Gasteiger partial charge in [0.15, 0.2) is 0 Å². The molecule has 0 spiro atoms. The maximum atomic E-state index is 13.0. The summed E-state index contributed by atoms with van der Waals surface area (Å²) in [7, 11) is 0. The molecule has 1 saturated heterocycles. The Morgan fingerprint density at radius 1 is 0.881 bits per heavy atom. The first-order valence-electron chi connectivity index (χ1n) is 12.3. The van der Waals surface area contributed by atoms with Crippen molar-refractivity contribution in [3.63, 3.8) is 0 Å². The Labute approximate surface area is 241 Å². The Morgan fingerprint density at radius 3 is 2.31 bits per heavy atom. The van der Waals surface area contributed by atoms with Gasteiger partial charge >= 0.3 is 5.97 Å². The molecule has 1 aliphatic rings. The molecule has 0 aliphatic carbocycles. The molecule has 0 N–H and O–H groups in total. The summed E-state index contributed by atoms with van der Waals surface area (Å²) in [6.45, 7) is 0.138. The summed E-state index contributed by atoms with van der Waals surface area (Å²) in [5.41, 5.74) is -1.22. The summed E-state index contributed by atoms with van der Waals surface area (Å²) in [6, 6.07) is 21.8. The minimum absolute atomic E-state index is 0.0191. The lowest BCUT2D eigenvalue weighted by Gasteiger charge is -2.14. The largest absolute Gasteiger partial charge is 0.491 e. The molecule has 0 bridgehead atoms. The summed E-state index contributed by atoms with van der Waals surface area (Å²) >= 11 is 0.758. The quantitative estimate of drug-likeness (QED) is 0.0750. The van der Waals surface area contributed by atoms with Gasteiger partial charge in [0.1, 0.15) is 18.1 Å². The van der Waals surface area contributed by atoms with Crippen LogP contribution in [0.15, 0.2) is 89.8 Å². The van der Waals surface area contributed by atoms with Crippen LogP contribution in [0.1, 0.15) is 15.9 Å². The van der Waals surface area contributed by atoms with Gasteiger partial charge in [0.2, 0.25) is 0 Å². The van der Waals surface area contributed by atoms with Crippen molar-refractivity contribution in [3.8, 4) is 11.5 Å². The molecule has 1 aliphatic heterocycles.